The first kappa shape index (κ1) is 17.0. The smallest absolute Gasteiger partial charge is 0.166 e. The SMILES string of the molecule is CC1(COc2ccnc3[nH]cc(-c4cccc(F)c4F)c23)CCNCC1. The Morgan fingerprint density at radius 1 is 1.15 bits per heavy atom. The number of hydrogen-bond donors (Lipinski definition) is 2. The van der Waals surface area contributed by atoms with E-state index in [0.29, 0.717) is 29.0 Å². The zero-order valence-electron chi connectivity index (χ0n) is 14.6. The van der Waals surface area contributed by atoms with Crippen molar-refractivity contribution in [2.24, 2.45) is 5.41 Å². The van der Waals surface area contributed by atoms with Crippen molar-refractivity contribution in [1.82, 2.24) is 15.3 Å². The van der Waals surface area contributed by atoms with Gasteiger partial charge in [0.1, 0.15) is 11.4 Å². The van der Waals surface area contributed by atoms with Crippen LogP contribution in [0.25, 0.3) is 22.2 Å². The van der Waals surface area contributed by atoms with E-state index in [-0.39, 0.29) is 11.0 Å². The average molecular weight is 357 g/mol. The van der Waals surface area contributed by atoms with Gasteiger partial charge in [0.15, 0.2) is 11.6 Å². The molecule has 0 atom stereocenters. The summed E-state index contributed by atoms with van der Waals surface area (Å²) in [6.07, 6.45) is 5.39. The van der Waals surface area contributed by atoms with Crippen LogP contribution in [0.15, 0.2) is 36.7 Å². The van der Waals surface area contributed by atoms with Gasteiger partial charge in [0.25, 0.3) is 0 Å². The Labute approximate surface area is 150 Å². The molecule has 1 aliphatic rings. The maximum Gasteiger partial charge on any atom is 0.166 e. The van der Waals surface area contributed by atoms with E-state index >= 15 is 0 Å². The Hall–Kier alpha value is -2.47. The van der Waals surface area contributed by atoms with Gasteiger partial charge in [0, 0.05) is 28.9 Å². The number of halogens is 2. The summed E-state index contributed by atoms with van der Waals surface area (Å²) in [6, 6.07) is 5.95. The lowest BCUT2D eigenvalue weighted by molar-refractivity contribution is 0.124. The first-order chi connectivity index (χ1) is 12.6. The maximum absolute atomic E-state index is 14.3. The fourth-order valence-electron chi connectivity index (χ4n) is 3.50. The number of piperidine rings is 1. The standard InChI is InChI=1S/C20H21F2N3O/c1-20(6-9-23-10-7-20)12-26-16-5-8-24-19-17(16)14(11-25-19)13-3-2-4-15(21)18(13)22/h2-5,8,11,23H,6-7,9-10,12H2,1H3,(H,24,25). The van der Waals surface area contributed by atoms with E-state index in [1.165, 1.54) is 6.07 Å². The number of fused-ring (bicyclic) bond motifs is 1. The molecule has 0 unspecified atom stereocenters. The van der Waals surface area contributed by atoms with Crippen LogP contribution in [0, 0.1) is 17.0 Å². The minimum Gasteiger partial charge on any atom is -0.492 e. The summed E-state index contributed by atoms with van der Waals surface area (Å²) in [5.74, 6) is -1.10. The largest absolute Gasteiger partial charge is 0.492 e. The fraction of sp³-hybridized carbons (Fsp3) is 0.350. The van der Waals surface area contributed by atoms with E-state index in [1.807, 2.05) is 0 Å². The number of aromatic nitrogens is 2. The molecule has 3 aromatic rings. The first-order valence-electron chi connectivity index (χ1n) is 8.81. The van der Waals surface area contributed by atoms with Gasteiger partial charge in [-0.1, -0.05) is 19.1 Å². The number of nitrogens with zero attached hydrogens (tertiary/aromatic N) is 1. The number of nitrogens with one attached hydrogen (secondary N) is 2. The van der Waals surface area contributed by atoms with E-state index in [4.69, 9.17) is 4.74 Å². The zero-order valence-corrected chi connectivity index (χ0v) is 14.6. The molecule has 0 amide bonds. The Bertz CT molecular complexity index is 932. The highest BCUT2D eigenvalue weighted by molar-refractivity contribution is 5.98. The molecule has 1 aromatic carbocycles. The van der Waals surface area contributed by atoms with Gasteiger partial charge in [-0.3, -0.25) is 0 Å². The lowest BCUT2D eigenvalue weighted by Gasteiger charge is -2.33. The third kappa shape index (κ3) is 3.05. The Balaban J connectivity index is 1.72. The number of H-pyrrole nitrogens is 1. The van der Waals surface area contributed by atoms with Gasteiger partial charge in [-0.15, -0.1) is 0 Å². The quantitative estimate of drug-likeness (QED) is 0.733. The lowest BCUT2D eigenvalue weighted by atomic mass is 9.82. The Morgan fingerprint density at radius 3 is 2.77 bits per heavy atom. The molecular formula is C20H21F2N3O. The molecule has 1 saturated heterocycles. The topological polar surface area (TPSA) is 49.9 Å². The molecule has 4 nitrogen and oxygen atoms in total. The summed E-state index contributed by atoms with van der Waals surface area (Å²) < 4.78 is 34.1. The molecule has 0 spiro atoms. The molecule has 0 saturated carbocycles. The fourth-order valence-corrected chi connectivity index (χ4v) is 3.50. The van der Waals surface area contributed by atoms with Crippen LogP contribution in [-0.4, -0.2) is 29.7 Å². The summed E-state index contributed by atoms with van der Waals surface area (Å²) in [5, 5.41) is 4.03. The van der Waals surface area contributed by atoms with Crippen molar-refractivity contribution in [2.75, 3.05) is 19.7 Å². The number of ether oxygens (including phenoxy) is 1. The van der Waals surface area contributed by atoms with Gasteiger partial charge in [-0.2, -0.15) is 0 Å². The van der Waals surface area contributed by atoms with Crippen molar-refractivity contribution in [3.63, 3.8) is 0 Å². The predicted octanol–water partition coefficient (Wildman–Crippen LogP) is 4.28. The van der Waals surface area contributed by atoms with Crippen LogP contribution >= 0.6 is 0 Å². The van der Waals surface area contributed by atoms with Gasteiger partial charge < -0.3 is 15.0 Å². The van der Waals surface area contributed by atoms with Crippen LogP contribution in [0.4, 0.5) is 8.78 Å². The molecule has 136 valence electrons. The molecule has 6 heteroatoms. The number of aromatic amines is 1. The van der Waals surface area contributed by atoms with Crippen LogP contribution in [0.2, 0.25) is 0 Å². The molecule has 1 aliphatic heterocycles. The molecule has 0 bridgehead atoms. The average Bonchev–Trinajstić information content (AvgIpc) is 3.07. The van der Waals surface area contributed by atoms with Crippen molar-refractivity contribution < 1.29 is 13.5 Å². The van der Waals surface area contributed by atoms with Crippen LogP contribution in [-0.2, 0) is 0 Å². The molecular weight excluding hydrogens is 336 g/mol. The third-order valence-corrected chi connectivity index (χ3v) is 5.16. The van der Waals surface area contributed by atoms with Crippen molar-refractivity contribution in [3.8, 4) is 16.9 Å². The van der Waals surface area contributed by atoms with Crippen LogP contribution in [0.5, 0.6) is 5.75 Å². The van der Waals surface area contributed by atoms with Crippen molar-refractivity contribution >= 4 is 11.0 Å². The van der Waals surface area contributed by atoms with Crippen LogP contribution in [0.3, 0.4) is 0 Å². The van der Waals surface area contributed by atoms with Gasteiger partial charge in [0.05, 0.1) is 12.0 Å². The molecule has 0 aliphatic carbocycles. The Morgan fingerprint density at radius 2 is 1.96 bits per heavy atom. The highest BCUT2D eigenvalue weighted by atomic mass is 19.2. The second-order valence-electron chi connectivity index (χ2n) is 7.19. The van der Waals surface area contributed by atoms with E-state index in [9.17, 15) is 8.78 Å². The molecule has 2 aromatic heterocycles. The molecule has 0 radical (unpaired) electrons. The monoisotopic (exact) mass is 357 g/mol. The predicted molar refractivity (Wildman–Crippen MR) is 97.2 cm³/mol. The Kier molecular flexibility index (Phi) is 4.36. The number of rotatable bonds is 4. The van der Waals surface area contributed by atoms with E-state index < -0.39 is 11.6 Å². The lowest BCUT2D eigenvalue weighted by Crippen LogP contribution is -2.38. The van der Waals surface area contributed by atoms with E-state index in [0.717, 1.165) is 32.0 Å². The second kappa shape index (κ2) is 6.68. The number of pyridine rings is 1. The maximum atomic E-state index is 14.3. The normalized spacial score (nSPS) is 16.7. The summed E-state index contributed by atoms with van der Waals surface area (Å²) in [5.41, 5.74) is 1.44. The van der Waals surface area contributed by atoms with Gasteiger partial charge in [-0.25, -0.2) is 13.8 Å². The molecule has 4 rings (SSSR count). The number of benzene rings is 1. The second-order valence-corrected chi connectivity index (χ2v) is 7.19. The summed E-state index contributed by atoms with van der Waals surface area (Å²) in [6.45, 7) is 4.76. The van der Waals surface area contributed by atoms with E-state index in [1.54, 1.807) is 24.5 Å². The van der Waals surface area contributed by atoms with Gasteiger partial charge in [-0.05, 0) is 38.1 Å². The molecule has 1 fully saturated rings. The minimum absolute atomic E-state index is 0.0986. The van der Waals surface area contributed by atoms with Gasteiger partial charge >= 0.3 is 0 Å². The summed E-state index contributed by atoms with van der Waals surface area (Å²) in [7, 11) is 0. The van der Waals surface area contributed by atoms with Crippen molar-refractivity contribution in [2.45, 2.75) is 19.8 Å². The van der Waals surface area contributed by atoms with Crippen LogP contribution in [0.1, 0.15) is 19.8 Å². The summed E-state index contributed by atoms with van der Waals surface area (Å²) in [4.78, 5) is 7.32. The van der Waals surface area contributed by atoms with Crippen LogP contribution < -0.4 is 10.1 Å². The van der Waals surface area contributed by atoms with Gasteiger partial charge in [0.2, 0.25) is 0 Å². The highest BCUT2D eigenvalue weighted by Crippen LogP contribution is 2.37. The number of hydrogen-bond acceptors (Lipinski definition) is 3. The summed E-state index contributed by atoms with van der Waals surface area (Å²) >= 11 is 0. The van der Waals surface area contributed by atoms with Crippen molar-refractivity contribution in [3.05, 3.63) is 48.3 Å². The minimum atomic E-state index is -0.870. The van der Waals surface area contributed by atoms with E-state index in [2.05, 4.69) is 22.2 Å². The molecule has 2 N–H and O–H groups in total. The highest BCUT2D eigenvalue weighted by Gasteiger charge is 2.28. The molecule has 3 heterocycles. The zero-order chi connectivity index (χ0) is 18.1. The van der Waals surface area contributed by atoms with Crippen molar-refractivity contribution in [1.29, 1.82) is 0 Å². The third-order valence-electron chi connectivity index (χ3n) is 5.16. The molecule has 26 heavy (non-hydrogen) atoms. The first-order valence-corrected chi connectivity index (χ1v) is 8.81.